The van der Waals surface area contributed by atoms with Gasteiger partial charge in [0, 0.05) is 6.04 Å². The molecule has 15 heavy (non-hydrogen) atoms. The third-order valence-corrected chi connectivity index (χ3v) is 2.78. The molecule has 0 radical (unpaired) electrons. The van der Waals surface area contributed by atoms with E-state index in [1.54, 1.807) is 12.1 Å². The van der Waals surface area contributed by atoms with Gasteiger partial charge in [-0.3, -0.25) is 4.79 Å². The van der Waals surface area contributed by atoms with Crippen LogP contribution in [0.25, 0.3) is 0 Å². The van der Waals surface area contributed by atoms with Gasteiger partial charge in [0.15, 0.2) is 5.76 Å². The van der Waals surface area contributed by atoms with E-state index < -0.39 is 0 Å². The molecular formula is C11H16N2O2. The van der Waals surface area contributed by atoms with Crippen LogP contribution in [0.3, 0.4) is 0 Å². The van der Waals surface area contributed by atoms with Crippen LogP contribution < -0.4 is 11.1 Å². The second kappa shape index (κ2) is 4.49. The number of hydrogen-bond acceptors (Lipinski definition) is 3. The summed E-state index contributed by atoms with van der Waals surface area (Å²) < 4.78 is 5.27. The van der Waals surface area contributed by atoms with Crippen molar-refractivity contribution in [2.45, 2.75) is 38.3 Å². The summed E-state index contributed by atoms with van der Waals surface area (Å²) in [6.07, 6.45) is 4.57. The number of hydrogen-bond donors (Lipinski definition) is 2. The van der Waals surface area contributed by atoms with Crippen molar-refractivity contribution in [3.63, 3.8) is 0 Å². The Morgan fingerprint density at radius 2 is 2.20 bits per heavy atom. The highest BCUT2D eigenvalue weighted by atomic mass is 16.4. The molecule has 3 N–H and O–H groups in total. The molecule has 1 heterocycles. The van der Waals surface area contributed by atoms with Gasteiger partial charge in [-0.25, -0.2) is 0 Å². The number of carbonyl (C=O) groups excluding carboxylic acids is 1. The first kappa shape index (κ1) is 10.2. The van der Waals surface area contributed by atoms with E-state index in [-0.39, 0.29) is 5.91 Å². The van der Waals surface area contributed by atoms with Crippen molar-refractivity contribution in [1.29, 1.82) is 0 Å². The molecule has 0 spiro atoms. The van der Waals surface area contributed by atoms with Gasteiger partial charge < -0.3 is 15.5 Å². The minimum atomic E-state index is -0.124. The zero-order valence-electron chi connectivity index (χ0n) is 8.66. The smallest absolute Gasteiger partial charge is 0.287 e. The lowest BCUT2D eigenvalue weighted by Crippen LogP contribution is -2.32. The molecule has 2 rings (SSSR count). The highest BCUT2D eigenvalue weighted by molar-refractivity contribution is 5.91. The number of nitrogens with one attached hydrogen (secondary N) is 1. The van der Waals surface area contributed by atoms with Crippen LogP contribution in [0, 0.1) is 0 Å². The molecule has 1 aliphatic carbocycles. The maximum absolute atomic E-state index is 11.7. The molecule has 0 atom stereocenters. The lowest BCUT2D eigenvalue weighted by Gasteiger charge is -2.09. The van der Waals surface area contributed by atoms with Gasteiger partial charge in [0.25, 0.3) is 5.91 Å². The van der Waals surface area contributed by atoms with Gasteiger partial charge in [0.1, 0.15) is 5.76 Å². The Morgan fingerprint density at radius 3 is 2.80 bits per heavy atom. The predicted octanol–water partition coefficient (Wildman–Crippen LogP) is 1.41. The van der Waals surface area contributed by atoms with Gasteiger partial charge in [-0.15, -0.1) is 0 Å². The summed E-state index contributed by atoms with van der Waals surface area (Å²) in [5.74, 6) is 0.885. The van der Waals surface area contributed by atoms with Crippen molar-refractivity contribution < 1.29 is 9.21 Å². The Hall–Kier alpha value is -1.29. The second-order valence-electron chi connectivity index (χ2n) is 3.92. The fourth-order valence-corrected chi connectivity index (χ4v) is 1.94. The highest BCUT2D eigenvalue weighted by Crippen LogP contribution is 2.18. The number of amides is 1. The summed E-state index contributed by atoms with van der Waals surface area (Å²) >= 11 is 0. The normalized spacial score (nSPS) is 16.9. The SMILES string of the molecule is NCc1ccc(C(=O)NC2CCCC2)o1. The largest absolute Gasteiger partial charge is 0.455 e. The third-order valence-electron chi connectivity index (χ3n) is 2.78. The molecule has 1 saturated carbocycles. The van der Waals surface area contributed by atoms with Crippen LogP contribution >= 0.6 is 0 Å². The van der Waals surface area contributed by atoms with Crippen LogP contribution in [-0.4, -0.2) is 11.9 Å². The van der Waals surface area contributed by atoms with Crippen LogP contribution in [0.15, 0.2) is 16.5 Å². The van der Waals surface area contributed by atoms with E-state index in [0.29, 0.717) is 24.1 Å². The lowest BCUT2D eigenvalue weighted by atomic mass is 10.2. The van der Waals surface area contributed by atoms with Crippen molar-refractivity contribution in [3.05, 3.63) is 23.7 Å². The van der Waals surface area contributed by atoms with E-state index in [1.165, 1.54) is 12.8 Å². The first-order valence-corrected chi connectivity index (χ1v) is 5.39. The molecule has 4 nitrogen and oxygen atoms in total. The molecular weight excluding hydrogens is 192 g/mol. The summed E-state index contributed by atoms with van der Waals surface area (Å²) in [6, 6.07) is 3.74. The van der Waals surface area contributed by atoms with E-state index in [1.807, 2.05) is 0 Å². The third kappa shape index (κ3) is 2.39. The molecule has 0 saturated heterocycles. The summed E-state index contributed by atoms with van der Waals surface area (Å²) in [5.41, 5.74) is 5.40. The van der Waals surface area contributed by atoms with Crippen LogP contribution in [0.2, 0.25) is 0 Å². The molecule has 1 amide bonds. The summed E-state index contributed by atoms with van der Waals surface area (Å²) in [7, 11) is 0. The summed E-state index contributed by atoms with van der Waals surface area (Å²) in [6.45, 7) is 0.330. The second-order valence-corrected chi connectivity index (χ2v) is 3.92. The Morgan fingerprint density at radius 1 is 1.47 bits per heavy atom. The highest BCUT2D eigenvalue weighted by Gasteiger charge is 2.19. The first-order valence-electron chi connectivity index (χ1n) is 5.39. The van der Waals surface area contributed by atoms with Gasteiger partial charge in [-0.2, -0.15) is 0 Å². The number of nitrogens with two attached hydrogens (primary N) is 1. The van der Waals surface area contributed by atoms with Crippen molar-refractivity contribution in [2.75, 3.05) is 0 Å². The Kier molecular flexibility index (Phi) is 3.06. The monoisotopic (exact) mass is 208 g/mol. The molecule has 0 aromatic carbocycles. The van der Waals surface area contributed by atoms with E-state index in [4.69, 9.17) is 10.2 Å². The molecule has 1 aromatic heterocycles. The molecule has 0 unspecified atom stereocenters. The Bertz CT molecular complexity index is 340. The number of carbonyl (C=O) groups is 1. The molecule has 4 heteroatoms. The summed E-state index contributed by atoms with van der Waals surface area (Å²) in [5, 5.41) is 2.96. The van der Waals surface area contributed by atoms with Gasteiger partial charge in [0.05, 0.1) is 6.54 Å². The summed E-state index contributed by atoms with van der Waals surface area (Å²) in [4.78, 5) is 11.7. The Balaban J connectivity index is 1.94. The standard InChI is InChI=1S/C11H16N2O2/c12-7-9-5-6-10(15-9)11(14)13-8-3-1-2-4-8/h5-6,8H,1-4,7,12H2,(H,13,14). The fraction of sp³-hybridized carbons (Fsp3) is 0.545. The van der Waals surface area contributed by atoms with E-state index >= 15 is 0 Å². The lowest BCUT2D eigenvalue weighted by molar-refractivity contribution is 0.0908. The zero-order valence-corrected chi connectivity index (χ0v) is 8.66. The Labute approximate surface area is 88.8 Å². The maximum atomic E-state index is 11.7. The van der Waals surface area contributed by atoms with Crippen molar-refractivity contribution in [1.82, 2.24) is 5.32 Å². The van der Waals surface area contributed by atoms with E-state index in [9.17, 15) is 4.79 Å². The van der Waals surface area contributed by atoms with Gasteiger partial charge in [0.2, 0.25) is 0 Å². The van der Waals surface area contributed by atoms with Gasteiger partial charge >= 0.3 is 0 Å². The topological polar surface area (TPSA) is 68.3 Å². The van der Waals surface area contributed by atoms with Crippen LogP contribution in [0.4, 0.5) is 0 Å². The minimum Gasteiger partial charge on any atom is -0.455 e. The van der Waals surface area contributed by atoms with Crippen molar-refractivity contribution in [2.24, 2.45) is 5.73 Å². The molecule has 1 fully saturated rings. The average molecular weight is 208 g/mol. The molecule has 1 aliphatic rings. The first-order chi connectivity index (χ1) is 7.29. The molecule has 82 valence electrons. The van der Waals surface area contributed by atoms with Crippen LogP contribution in [0.1, 0.15) is 42.0 Å². The van der Waals surface area contributed by atoms with Crippen LogP contribution in [0.5, 0.6) is 0 Å². The fourth-order valence-electron chi connectivity index (χ4n) is 1.94. The molecule has 0 bridgehead atoms. The van der Waals surface area contributed by atoms with E-state index in [0.717, 1.165) is 12.8 Å². The van der Waals surface area contributed by atoms with Gasteiger partial charge in [-0.1, -0.05) is 12.8 Å². The van der Waals surface area contributed by atoms with Crippen molar-refractivity contribution in [3.8, 4) is 0 Å². The minimum absolute atomic E-state index is 0.124. The van der Waals surface area contributed by atoms with E-state index in [2.05, 4.69) is 5.32 Å². The number of furan rings is 1. The quantitative estimate of drug-likeness (QED) is 0.789. The number of rotatable bonds is 3. The molecule has 1 aromatic rings. The molecule has 0 aliphatic heterocycles. The van der Waals surface area contributed by atoms with Crippen LogP contribution in [-0.2, 0) is 6.54 Å². The van der Waals surface area contributed by atoms with Crippen molar-refractivity contribution >= 4 is 5.91 Å². The predicted molar refractivity (Wildman–Crippen MR) is 56.3 cm³/mol. The zero-order chi connectivity index (χ0) is 10.7. The average Bonchev–Trinajstić information content (AvgIpc) is 2.86. The maximum Gasteiger partial charge on any atom is 0.287 e. The van der Waals surface area contributed by atoms with Gasteiger partial charge in [-0.05, 0) is 25.0 Å².